The van der Waals surface area contributed by atoms with Crippen LogP contribution < -0.4 is 0 Å². The van der Waals surface area contributed by atoms with Crippen molar-refractivity contribution in [3.8, 4) is 10.6 Å². The van der Waals surface area contributed by atoms with Crippen molar-refractivity contribution in [2.24, 2.45) is 0 Å². The average Bonchev–Trinajstić information content (AvgIpc) is 2.83. The van der Waals surface area contributed by atoms with Gasteiger partial charge in [-0.15, -0.1) is 20.1 Å². The highest BCUT2D eigenvalue weighted by Gasteiger charge is 2.03. The van der Waals surface area contributed by atoms with Crippen molar-refractivity contribution in [2.75, 3.05) is 0 Å². The lowest BCUT2D eigenvalue weighted by molar-refractivity contribution is 0.199. The summed E-state index contributed by atoms with van der Waals surface area (Å²) in [5.41, 5.74) is 2.28. The van der Waals surface area contributed by atoms with Crippen molar-refractivity contribution in [2.45, 2.75) is 0 Å². The van der Waals surface area contributed by atoms with Gasteiger partial charge in [0.15, 0.2) is 0 Å². The predicted octanol–water partition coefficient (Wildman–Crippen LogP) is 5.01. The first-order chi connectivity index (χ1) is 9.16. The molecule has 0 radical (unpaired) electrons. The van der Waals surface area contributed by atoms with Gasteiger partial charge in [-0.25, -0.2) is 9.78 Å². The molecule has 19 heavy (non-hydrogen) atoms. The molecule has 0 bridgehead atoms. The SMILES string of the molecule is O=C(F)F.c1ccc(-c2nc3ccccc3s2)cc1. The molecule has 0 N–H and O–H groups in total. The number of carbonyl (C=O) groups is 1. The van der Waals surface area contributed by atoms with E-state index in [-0.39, 0.29) is 0 Å². The number of para-hydroxylation sites is 1. The number of carbonyl (C=O) groups excluding carboxylic acids is 1. The van der Waals surface area contributed by atoms with Gasteiger partial charge in [-0.05, 0) is 12.1 Å². The number of rotatable bonds is 1. The summed E-state index contributed by atoms with van der Waals surface area (Å²) in [6.45, 7) is 0. The van der Waals surface area contributed by atoms with Crippen LogP contribution in [0.4, 0.5) is 13.6 Å². The molecule has 1 heterocycles. The molecule has 0 amide bonds. The summed E-state index contributed by atoms with van der Waals surface area (Å²) in [6, 6.07) is 18.5. The number of fused-ring (bicyclic) bond motifs is 1. The Morgan fingerprint density at radius 2 is 1.53 bits per heavy atom. The maximum Gasteiger partial charge on any atom is 0.483 e. The zero-order chi connectivity index (χ0) is 13.7. The molecule has 1 aromatic heterocycles. The first-order valence-electron chi connectivity index (χ1n) is 5.43. The third kappa shape index (κ3) is 3.66. The van der Waals surface area contributed by atoms with Gasteiger partial charge in [-0.1, -0.05) is 42.5 Å². The molecule has 0 saturated carbocycles. The van der Waals surface area contributed by atoms with Crippen LogP contribution in [-0.4, -0.2) is 11.3 Å². The van der Waals surface area contributed by atoms with Crippen LogP contribution in [0.5, 0.6) is 0 Å². The summed E-state index contributed by atoms with van der Waals surface area (Å²) < 4.78 is 20.6. The van der Waals surface area contributed by atoms with Gasteiger partial charge in [0.25, 0.3) is 0 Å². The van der Waals surface area contributed by atoms with Crippen LogP contribution in [0.15, 0.2) is 54.6 Å². The Labute approximate surface area is 112 Å². The van der Waals surface area contributed by atoms with E-state index in [9.17, 15) is 8.78 Å². The number of aromatic nitrogens is 1. The lowest BCUT2D eigenvalue weighted by Crippen LogP contribution is -1.73. The fourth-order valence-electron chi connectivity index (χ4n) is 1.58. The lowest BCUT2D eigenvalue weighted by atomic mass is 10.2. The maximum absolute atomic E-state index is 9.69. The van der Waals surface area contributed by atoms with Crippen molar-refractivity contribution in [1.29, 1.82) is 0 Å². The van der Waals surface area contributed by atoms with Gasteiger partial charge >= 0.3 is 6.29 Å². The normalized spacial score (nSPS) is 9.79. The highest BCUT2D eigenvalue weighted by atomic mass is 32.1. The Morgan fingerprint density at radius 1 is 0.947 bits per heavy atom. The summed E-state index contributed by atoms with van der Waals surface area (Å²) in [7, 11) is 0. The van der Waals surface area contributed by atoms with Gasteiger partial charge in [-0.3, -0.25) is 0 Å². The quantitative estimate of drug-likeness (QED) is 0.585. The number of benzene rings is 2. The van der Waals surface area contributed by atoms with E-state index in [0.29, 0.717) is 0 Å². The molecular weight excluding hydrogens is 268 g/mol. The van der Waals surface area contributed by atoms with Gasteiger partial charge in [0, 0.05) is 5.56 Å². The van der Waals surface area contributed by atoms with Crippen LogP contribution in [0, 0.1) is 0 Å². The largest absolute Gasteiger partial charge is 0.483 e. The average molecular weight is 277 g/mol. The lowest BCUT2D eigenvalue weighted by Gasteiger charge is -1.92. The maximum atomic E-state index is 9.69. The first kappa shape index (κ1) is 13.3. The van der Waals surface area contributed by atoms with E-state index in [1.165, 1.54) is 10.3 Å². The van der Waals surface area contributed by atoms with Crippen LogP contribution in [0.1, 0.15) is 0 Å². The summed E-state index contributed by atoms with van der Waals surface area (Å²) >= 11 is 1.74. The van der Waals surface area contributed by atoms with Crippen molar-refractivity contribution in [1.82, 2.24) is 4.98 Å². The van der Waals surface area contributed by atoms with Gasteiger partial charge < -0.3 is 0 Å². The molecular formula is C14H9F2NOS. The predicted molar refractivity (Wildman–Crippen MR) is 72.7 cm³/mol. The number of thiazole rings is 1. The monoisotopic (exact) mass is 277 g/mol. The van der Waals surface area contributed by atoms with E-state index in [1.54, 1.807) is 11.3 Å². The van der Waals surface area contributed by atoms with Crippen LogP contribution in [0.2, 0.25) is 0 Å². The second-order valence-electron chi connectivity index (χ2n) is 3.58. The molecule has 0 fully saturated rings. The molecule has 0 unspecified atom stereocenters. The van der Waals surface area contributed by atoms with Crippen molar-refractivity contribution >= 4 is 27.8 Å². The Balaban J connectivity index is 0.000000297. The number of hydrogen-bond donors (Lipinski definition) is 0. The Morgan fingerprint density at radius 3 is 2.16 bits per heavy atom. The third-order valence-corrected chi connectivity index (χ3v) is 3.40. The molecule has 0 saturated heterocycles. The van der Waals surface area contributed by atoms with Crippen LogP contribution in [0.3, 0.4) is 0 Å². The topological polar surface area (TPSA) is 30.0 Å². The second kappa shape index (κ2) is 6.15. The Bertz CT molecular complexity index is 645. The zero-order valence-corrected chi connectivity index (χ0v) is 10.5. The summed E-state index contributed by atoms with van der Waals surface area (Å²) in [4.78, 5) is 12.7. The van der Waals surface area contributed by atoms with E-state index in [1.807, 2.05) is 24.3 Å². The van der Waals surface area contributed by atoms with Crippen molar-refractivity contribution < 1.29 is 13.6 Å². The Hall–Kier alpha value is -2.14. The minimum Gasteiger partial charge on any atom is -0.236 e. The van der Waals surface area contributed by atoms with E-state index < -0.39 is 6.29 Å². The molecule has 0 atom stereocenters. The molecule has 0 spiro atoms. The van der Waals surface area contributed by atoms with Crippen molar-refractivity contribution in [3.63, 3.8) is 0 Å². The van der Waals surface area contributed by atoms with Crippen LogP contribution in [-0.2, 0) is 0 Å². The zero-order valence-electron chi connectivity index (χ0n) is 9.72. The number of nitrogens with zero attached hydrogens (tertiary/aromatic N) is 1. The number of halogens is 2. The van der Waals surface area contributed by atoms with E-state index >= 15 is 0 Å². The highest BCUT2D eigenvalue weighted by molar-refractivity contribution is 7.21. The molecule has 0 aliphatic carbocycles. The Kier molecular flexibility index (Phi) is 4.30. The van der Waals surface area contributed by atoms with E-state index in [4.69, 9.17) is 4.79 Å². The summed E-state index contributed by atoms with van der Waals surface area (Å²) in [5, 5.41) is 1.09. The van der Waals surface area contributed by atoms with Gasteiger partial charge in [0.1, 0.15) is 5.01 Å². The smallest absolute Gasteiger partial charge is 0.236 e. The third-order valence-electron chi connectivity index (χ3n) is 2.31. The molecule has 0 aliphatic heterocycles. The van der Waals surface area contributed by atoms with Crippen LogP contribution >= 0.6 is 11.3 Å². The van der Waals surface area contributed by atoms with Gasteiger partial charge in [-0.2, -0.15) is 0 Å². The van der Waals surface area contributed by atoms with E-state index in [2.05, 4.69) is 35.3 Å². The van der Waals surface area contributed by atoms with Crippen molar-refractivity contribution in [3.05, 3.63) is 54.6 Å². The summed E-state index contributed by atoms with van der Waals surface area (Å²) in [5.74, 6) is 0. The van der Waals surface area contributed by atoms with Gasteiger partial charge in [0.2, 0.25) is 0 Å². The fraction of sp³-hybridized carbons (Fsp3) is 0. The van der Waals surface area contributed by atoms with Gasteiger partial charge in [0.05, 0.1) is 10.2 Å². The molecule has 0 aliphatic rings. The number of hydrogen-bond acceptors (Lipinski definition) is 3. The standard InChI is InChI=1S/C13H9NS.CF2O/c1-2-6-10(7-3-1)13-14-11-8-4-5-9-12(11)15-13;2-1(3)4/h1-9H;. The van der Waals surface area contributed by atoms with Crippen LogP contribution in [0.25, 0.3) is 20.8 Å². The fourth-order valence-corrected chi connectivity index (χ4v) is 2.55. The summed E-state index contributed by atoms with van der Waals surface area (Å²) in [6.07, 6.45) is -2.83. The molecule has 2 nitrogen and oxygen atoms in total. The first-order valence-corrected chi connectivity index (χ1v) is 6.24. The molecule has 3 rings (SSSR count). The molecule has 5 heteroatoms. The molecule has 3 aromatic rings. The van der Waals surface area contributed by atoms with E-state index in [0.717, 1.165) is 10.5 Å². The molecule has 2 aromatic carbocycles. The second-order valence-corrected chi connectivity index (χ2v) is 4.61. The molecule has 96 valence electrons. The minimum absolute atomic E-state index is 1.08. The highest BCUT2D eigenvalue weighted by Crippen LogP contribution is 2.29. The minimum atomic E-state index is -2.83.